The van der Waals surface area contributed by atoms with Gasteiger partial charge in [-0.1, -0.05) is 0 Å². The van der Waals surface area contributed by atoms with Crippen LogP contribution in [0.3, 0.4) is 0 Å². The van der Waals surface area contributed by atoms with E-state index in [9.17, 15) is 0 Å². The van der Waals surface area contributed by atoms with E-state index in [1.165, 1.54) is 6.42 Å². The van der Waals surface area contributed by atoms with Gasteiger partial charge in [-0.2, -0.15) is 0 Å². The first-order chi connectivity index (χ1) is 4.22. The van der Waals surface area contributed by atoms with Crippen molar-refractivity contribution in [3.8, 4) is 0 Å². The summed E-state index contributed by atoms with van der Waals surface area (Å²) in [5.41, 5.74) is 1.58. The van der Waals surface area contributed by atoms with Crippen molar-refractivity contribution in [1.82, 2.24) is 0 Å². The van der Waals surface area contributed by atoms with Gasteiger partial charge >= 0.3 is 71.9 Å². The number of rotatable bonds is 1. The molecule has 0 amide bonds. The third-order valence-electron chi connectivity index (χ3n) is 1.59. The van der Waals surface area contributed by atoms with Gasteiger partial charge in [0.15, 0.2) is 0 Å². The summed E-state index contributed by atoms with van der Waals surface area (Å²) in [6.07, 6.45) is 5.75. The molecule has 0 atom stereocenters. The Labute approximate surface area is 108 Å². The molecule has 0 spiro atoms. The van der Waals surface area contributed by atoms with Crippen molar-refractivity contribution in [1.29, 1.82) is 0 Å². The predicted octanol–water partition coefficient (Wildman–Crippen LogP) is -6.58. The van der Waals surface area contributed by atoms with Crippen LogP contribution in [0.5, 0.6) is 0 Å². The fourth-order valence-corrected chi connectivity index (χ4v) is 2.27. The van der Waals surface area contributed by atoms with E-state index in [4.69, 9.17) is 0 Å². The van der Waals surface area contributed by atoms with Crippen LogP contribution in [0.2, 0.25) is 0 Å². The largest absolute Gasteiger partial charge is 1.00 e. The van der Waals surface area contributed by atoms with Gasteiger partial charge in [-0.15, -0.1) is 0 Å². The molecule has 1 aliphatic rings. The Morgan fingerprint density at radius 2 is 1.75 bits per heavy atom. The molecule has 0 saturated carbocycles. The first-order valence-electron chi connectivity index (χ1n) is 3.33. The zero-order valence-corrected chi connectivity index (χ0v) is 11.8. The van der Waals surface area contributed by atoms with Crippen LogP contribution < -0.4 is 37.2 Å². The smallest absolute Gasteiger partial charge is 1.00 e. The normalized spacial score (nSPS) is 13.8. The summed E-state index contributed by atoms with van der Waals surface area (Å²) in [4.78, 5) is 0. The average molecular weight is 305 g/mol. The summed E-state index contributed by atoms with van der Waals surface area (Å²) in [5.74, 6) is 0.734. The third-order valence-corrected chi connectivity index (χ3v) is 2.80. The van der Waals surface area contributed by atoms with Crippen molar-refractivity contribution in [2.75, 3.05) is 0 Å². The molecule has 1 aliphatic carbocycles. The predicted molar refractivity (Wildman–Crippen MR) is 35.6 cm³/mol. The standard InChI is InChI=1S/C8H11.3ClH.Zr/c1-7(2)8-5-3-4-6-8;;;;/h3,5,7H,4H2,1-2H3;3*1H;/q;;;;+3/p-3. The van der Waals surface area contributed by atoms with E-state index in [0.29, 0.717) is 0 Å². The summed E-state index contributed by atoms with van der Waals surface area (Å²) in [6.45, 7) is 4.52. The summed E-state index contributed by atoms with van der Waals surface area (Å²) in [5, 5.41) is 0. The fourth-order valence-electron chi connectivity index (χ4n) is 1.06. The molecule has 4 heteroatoms. The molecule has 12 heavy (non-hydrogen) atoms. The molecule has 0 aromatic heterocycles. The van der Waals surface area contributed by atoms with E-state index in [0.717, 1.165) is 5.92 Å². The average Bonchev–Trinajstić information content (AvgIpc) is 2.13. The molecule has 1 rings (SSSR count). The molecule has 0 fully saturated rings. The molecule has 0 aromatic carbocycles. The summed E-state index contributed by atoms with van der Waals surface area (Å²) < 4.78 is 1.64. The van der Waals surface area contributed by atoms with E-state index >= 15 is 0 Å². The third kappa shape index (κ3) is 5.07. The van der Waals surface area contributed by atoms with Gasteiger partial charge in [0, 0.05) is 0 Å². The monoisotopic (exact) mass is 302 g/mol. The maximum Gasteiger partial charge on any atom is -1.00 e. The van der Waals surface area contributed by atoms with E-state index in [1.54, 1.807) is 33.6 Å². The van der Waals surface area contributed by atoms with Crippen molar-refractivity contribution in [2.45, 2.75) is 20.3 Å². The first-order valence-corrected chi connectivity index (χ1v) is 4.56. The SMILES string of the molecule is CC(C)C1=[C]([Zr+3])CC=C1.[Cl-].[Cl-].[Cl-]. The van der Waals surface area contributed by atoms with Gasteiger partial charge in [0.2, 0.25) is 0 Å². The van der Waals surface area contributed by atoms with E-state index in [2.05, 4.69) is 26.0 Å². The molecule has 0 nitrogen and oxygen atoms in total. The second-order valence-electron chi connectivity index (χ2n) is 2.70. The van der Waals surface area contributed by atoms with Crippen LogP contribution in [-0.2, 0) is 24.7 Å². The fraction of sp³-hybridized carbons (Fsp3) is 0.500. The molecule has 0 aliphatic heterocycles. The molecule has 0 N–H and O–H groups in total. The van der Waals surface area contributed by atoms with E-state index in [-0.39, 0.29) is 37.2 Å². The van der Waals surface area contributed by atoms with Crippen LogP contribution in [0.15, 0.2) is 21.0 Å². The van der Waals surface area contributed by atoms with Crippen LogP contribution in [0.4, 0.5) is 0 Å². The van der Waals surface area contributed by atoms with Gasteiger partial charge in [-0.25, -0.2) is 0 Å². The molecule has 68 valence electrons. The Morgan fingerprint density at radius 3 is 1.92 bits per heavy atom. The minimum absolute atomic E-state index is 0. The molecular formula is C8H11Cl3Zr. The minimum Gasteiger partial charge on any atom is -1.00 e. The van der Waals surface area contributed by atoms with Gasteiger partial charge in [-0.3, -0.25) is 0 Å². The molecule has 0 unspecified atom stereocenters. The second kappa shape index (κ2) is 8.81. The molecule has 0 aromatic rings. The second-order valence-corrected chi connectivity index (χ2v) is 4.18. The van der Waals surface area contributed by atoms with Crippen LogP contribution in [0.25, 0.3) is 0 Å². The van der Waals surface area contributed by atoms with Gasteiger partial charge in [-0.05, 0) is 0 Å². The zero-order valence-electron chi connectivity index (χ0n) is 7.07. The molecule has 0 heterocycles. The van der Waals surface area contributed by atoms with Gasteiger partial charge in [0.05, 0.1) is 0 Å². The number of allylic oxidation sites excluding steroid dienone is 4. The molecule has 0 radical (unpaired) electrons. The van der Waals surface area contributed by atoms with Crippen molar-refractivity contribution in [2.24, 2.45) is 5.92 Å². The molecular weight excluding hydrogens is 294 g/mol. The van der Waals surface area contributed by atoms with Gasteiger partial charge in [0.1, 0.15) is 0 Å². The van der Waals surface area contributed by atoms with E-state index in [1.807, 2.05) is 0 Å². The summed E-state index contributed by atoms with van der Waals surface area (Å²) >= 11 is 1.59. The quantitative estimate of drug-likeness (QED) is 0.452. The summed E-state index contributed by atoms with van der Waals surface area (Å²) in [7, 11) is 0. The van der Waals surface area contributed by atoms with Crippen LogP contribution >= 0.6 is 0 Å². The van der Waals surface area contributed by atoms with Crippen LogP contribution in [0, 0.1) is 5.92 Å². The number of hydrogen-bond donors (Lipinski definition) is 0. The Hall–Kier alpha value is 1.23. The minimum atomic E-state index is 0. The Morgan fingerprint density at radius 1 is 1.25 bits per heavy atom. The first kappa shape index (κ1) is 18.9. The van der Waals surface area contributed by atoms with Crippen molar-refractivity contribution in [3.05, 3.63) is 21.0 Å². The number of halogens is 3. The summed E-state index contributed by atoms with van der Waals surface area (Å²) in [6, 6.07) is 0. The van der Waals surface area contributed by atoms with Crippen molar-refractivity contribution >= 4 is 0 Å². The van der Waals surface area contributed by atoms with Crippen molar-refractivity contribution in [3.63, 3.8) is 0 Å². The van der Waals surface area contributed by atoms with Crippen LogP contribution in [-0.4, -0.2) is 0 Å². The Kier molecular flexibility index (Phi) is 13.9. The Balaban J connectivity index is -0.000000270. The van der Waals surface area contributed by atoms with Crippen molar-refractivity contribution < 1.29 is 61.9 Å². The van der Waals surface area contributed by atoms with E-state index < -0.39 is 0 Å². The maximum absolute atomic E-state index is 2.27. The van der Waals surface area contributed by atoms with Gasteiger partial charge < -0.3 is 37.2 Å². The zero-order chi connectivity index (χ0) is 6.85. The molecule has 0 bridgehead atoms. The number of hydrogen-bond acceptors (Lipinski definition) is 0. The van der Waals surface area contributed by atoms with Gasteiger partial charge in [0.25, 0.3) is 0 Å². The topological polar surface area (TPSA) is 0 Å². The Bertz CT molecular complexity index is 173. The van der Waals surface area contributed by atoms with Crippen LogP contribution in [0.1, 0.15) is 20.3 Å². The maximum atomic E-state index is 2.27. The molecule has 0 saturated heterocycles.